The van der Waals surface area contributed by atoms with Crippen molar-refractivity contribution in [1.82, 2.24) is 0 Å². The van der Waals surface area contributed by atoms with E-state index in [0.29, 0.717) is 16.7 Å². The quantitative estimate of drug-likeness (QED) is 0.508. The number of methoxy groups -OCH3 is 1. The van der Waals surface area contributed by atoms with Crippen LogP contribution in [0.15, 0.2) is 56.6 Å². The van der Waals surface area contributed by atoms with Crippen molar-refractivity contribution in [3.8, 4) is 11.5 Å². The Bertz CT molecular complexity index is 1100. The predicted molar refractivity (Wildman–Crippen MR) is 93.0 cm³/mol. The lowest BCUT2D eigenvalue weighted by Gasteiger charge is -2.09. The number of hydrogen-bond donors (Lipinski definition) is 0. The molecule has 0 saturated heterocycles. The molecular formula is C17H13ClO6S. The van der Waals surface area contributed by atoms with Gasteiger partial charge >= 0.3 is 15.7 Å². The molecule has 1 aromatic heterocycles. The van der Waals surface area contributed by atoms with Gasteiger partial charge in [-0.15, -0.1) is 0 Å². The molecular weight excluding hydrogens is 368 g/mol. The smallest absolute Gasteiger partial charge is 0.355 e. The van der Waals surface area contributed by atoms with E-state index in [-0.39, 0.29) is 21.3 Å². The Morgan fingerprint density at radius 3 is 2.32 bits per heavy atom. The molecule has 8 heteroatoms. The maximum absolute atomic E-state index is 12.3. The second kappa shape index (κ2) is 6.42. The maximum Gasteiger partial charge on any atom is 0.355 e. The third-order valence-corrected chi connectivity index (χ3v) is 5.32. The van der Waals surface area contributed by atoms with E-state index >= 15 is 0 Å². The number of halogens is 1. The molecule has 0 N–H and O–H groups in total. The van der Waals surface area contributed by atoms with Crippen molar-refractivity contribution in [2.75, 3.05) is 7.11 Å². The lowest BCUT2D eigenvalue weighted by Crippen LogP contribution is -2.10. The standard InChI is InChI=1S/C17H13ClO6S/c1-10-14-8-5-12(9-15(14)23-17(19)16(10)18)24-25(20,21)13-6-3-11(22-2)4-7-13/h3-9H,1-2H3. The van der Waals surface area contributed by atoms with E-state index in [9.17, 15) is 13.2 Å². The maximum atomic E-state index is 12.3. The molecule has 3 rings (SSSR count). The Morgan fingerprint density at radius 1 is 1.04 bits per heavy atom. The topological polar surface area (TPSA) is 82.8 Å². The Hall–Kier alpha value is -2.51. The van der Waals surface area contributed by atoms with E-state index in [1.165, 1.54) is 43.5 Å². The lowest BCUT2D eigenvalue weighted by molar-refractivity contribution is 0.414. The van der Waals surface area contributed by atoms with Gasteiger partial charge in [0.2, 0.25) is 0 Å². The molecule has 0 atom stereocenters. The van der Waals surface area contributed by atoms with Crippen molar-refractivity contribution in [3.63, 3.8) is 0 Å². The summed E-state index contributed by atoms with van der Waals surface area (Å²) in [4.78, 5) is 11.6. The van der Waals surface area contributed by atoms with Gasteiger partial charge in [-0.3, -0.25) is 0 Å². The van der Waals surface area contributed by atoms with Gasteiger partial charge in [0.05, 0.1) is 7.11 Å². The van der Waals surface area contributed by atoms with E-state index < -0.39 is 15.7 Å². The Balaban J connectivity index is 1.99. The monoisotopic (exact) mass is 380 g/mol. The molecule has 6 nitrogen and oxygen atoms in total. The van der Waals surface area contributed by atoms with Crippen LogP contribution in [-0.4, -0.2) is 15.5 Å². The first-order valence-corrected chi connectivity index (χ1v) is 8.92. The minimum absolute atomic E-state index is 0.00739. The normalized spacial score (nSPS) is 11.5. The van der Waals surface area contributed by atoms with Gasteiger partial charge < -0.3 is 13.3 Å². The van der Waals surface area contributed by atoms with Crippen LogP contribution in [0.25, 0.3) is 11.0 Å². The van der Waals surface area contributed by atoms with E-state index in [1.54, 1.807) is 13.0 Å². The van der Waals surface area contributed by atoms with Gasteiger partial charge in [-0.25, -0.2) is 4.79 Å². The highest BCUT2D eigenvalue weighted by Crippen LogP contribution is 2.28. The Labute approximate surface area is 148 Å². The van der Waals surface area contributed by atoms with Gasteiger partial charge in [-0.1, -0.05) is 11.6 Å². The fourth-order valence-corrected chi connectivity index (χ4v) is 3.34. The Kier molecular flexibility index (Phi) is 4.45. The van der Waals surface area contributed by atoms with Crippen LogP contribution in [0.4, 0.5) is 0 Å². The summed E-state index contributed by atoms with van der Waals surface area (Å²) in [6.07, 6.45) is 0. The lowest BCUT2D eigenvalue weighted by atomic mass is 10.1. The van der Waals surface area contributed by atoms with Crippen molar-refractivity contribution in [2.24, 2.45) is 0 Å². The molecule has 0 saturated carbocycles. The molecule has 25 heavy (non-hydrogen) atoms. The van der Waals surface area contributed by atoms with Crippen LogP contribution in [0.5, 0.6) is 11.5 Å². The molecule has 3 aromatic rings. The number of rotatable bonds is 4. The molecule has 0 radical (unpaired) electrons. The van der Waals surface area contributed by atoms with Gasteiger partial charge in [0.25, 0.3) is 0 Å². The Morgan fingerprint density at radius 2 is 1.68 bits per heavy atom. The van der Waals surface area contributed by atoms with Crippen LogP contribution in [0, 0.1) is 6.92 Å². The second-order valence-electron chi connectivity index (χ2n) is 5.20. The summed E-state index contributed by atoms with van der Waals surface area (Å²) in [7, 11) is -2.55. The molecule has 1 heterocycles. The molecule has 0 spiro atoms. The number of aryl methyl sites for hydroxylation is 1. The van der Waals surface area contributed by atoms with Gasteiger partial charge in [-0.2, -0.15) is 8.42 Å². The van der Waals surface area contributed by atoms with Gasteiger partial charge in [-0.05, 0) is 48.9 Å². The molecule has 0 fully saturated rings. The third-order valence-electron chi connectivity index (χ3n) is 3.62. The molecule has 0 unspecified atom stereocenters. The SMILES string of the molecule is COc1ccc(S(=O)(=O)Oc2ccc3c(C)c(Cl)c(=O)oc3c2)cc1. The summed E-state index contributed by atoms with van der Waals surface area (Å²) in [5.41, 5.74) is 0.0497. The third kappa shape index (κ3) is 3.33. The molecule has 0 amide bonds. The van der Waals surface area contributed by atoms with Gasteiger partial charge in [0.15, 0.2) is 0 Å². The average molecular weight is 381 g/mol. The summed E-state index contributed by atoms with van der Waals surface area (Å²) in [6.45, 7) is 1.68. The molecule has 0 bridgehead atoms. The van der Waals surface area contributed by atoms with Crippen LogP contribution >= 0.6 is 11.6 Å². The highest BCUT2D eigenvalue weighted by molar-refractivity contribution is 7.87. The van der Waals surface area contributed by atoms with E-state index in [2.05, 4.69) is 0 Å². The first-order chi connectivity index (χ1) is 11.8. The van der Waals surface area contributed by atoms with Crippen molar-refractivity contribution in [2.45, 2.75) is 11.8 Å². The fraction of sp³-hybridized carbons (Fsp3) is 0.118. The zero-order valence-corrected chi connectivity index (χ0v) is 14.8. The molecule has 2 aromatic carbocycles. The molecule has 130 valence electrons. The average Bonchev–Trinajstić information content (AvgIpc) is 2.59. The largest absolute Gasteiger partial charge is 0.497 e. The number of benzene rings is 2. The van der Waals surface area contributed by atoms with Crippen LogP contribution in [0.1, 0.15) is 5.56 Å². The minimum Gasteiger partial charge on any atom is -0.497 e. The summed E-state index contributed by atoms with van der Waals surface area (Å²) < 4.78 is 39.9. The van der Waals surface area contributed by atoms with Crippen molar-refractivity contribution >= 4 is 32.7 Å². The molecule has 0 aliphatic heterocycles. The number of hydrogen-bond acceptors (Lipinski definition) is 6. The number of fused-ring (bicyclic) bond motifs is 1. The second-order valence-corrected chi connectivity index (χ2v) is 7.12. The van der Waals surface area contributed by atoms with Crippen LogP contribution < -0.4 is 14.5 Å². The van der Waals surface area contributed by atoms with Gasteiger partial charge in [0, 0.05) is 11.5 Å². The van der Waals surface area contributed by atoms with E-state index in [1.807, 2.05) is 0 Å². The van der Waals surface area contributed by atoms with Crippen LogP contribution in [-0.2, 0) is 10.1 Å². The van der Waals surface area contributed by atoms with Crippen LogP contribution in [0.2, 0.25) is 5.02 Å². The zero-order valence-electron chi connectivity index (χ0n) is 13.3. The van der Waals surface area contributed by atoms with Crippen molar-refractivity contribution in [3.05, 3.63) is 63.5 Å². The number of ether oxygens (including phenoxy) is 1. The first kappa shape index (κ1) is 17.3. The van der Waals surface area contributed by atoms with E-state index in [0.717, 1.165) is 0 Å². The zero-order chi connectivity index (χ0) is 18.2. The summed E-state index contributed by atoms with van der Waals surface area (Å²) in [5, 5.41) is 0.589. The fourth-order valence-electron chi connectivity index (χ4n) is 2.28. The van der Waals surface area contributed by atoms with Crippen LogP contribution in [0.3, 0.4) is 0 Å². The first-order valence-electron chi connectivity index (χ1n) is 7.13. The highest BCUT2D eigenvalue weighted by Gasteiger charge is 2.18. The summed E-state index contributed by atoms with van der Waals surface area (Å²) in [5.74, 6) is 0.548. The molecule has 0 aliphatic rings. The van der Waals surface area contributed by atoms with Gasteiger partial charge in [0.1, 0.15) is 27.0 Å². The summed E-state index contributed by atoms with van der Waals surface area (Å²) >= 11 is 5.86. The highest BCUT2D eigenvalue weighted by atomic mass is 35.5. The summed E-state index contributed by atoms with van der Waals surface area (Å²) in [6, 6.07) is 10.2. The van der Waals surface area contributed by atoms with E-state index in [4.69, 9.17) is 24.9 Å². The van der Waals surface area contributed by atoms with Crippen molar-refractivity contribution < 1.29 is 21.8 Å². The minimum atomic E-state index is -4.04. The van der Waals surface area contributed by atoms with Crippen molar-refractivity contribution in [1.29, 1.82) is 0 Å². The predicted octanol–water partition coefficient (Wildman–Crippen LogP) is 3.53. The molecule has 0 aliphatic carbocycles.